The van der Waals surface area contributed by atoms with E-state index in [2.05, 4.69) is 5.10 Å². The lowest BCUT2D eigenvalue weighted by Crippen LogP contribution is -2.07. The second kappa shape index (κ2) is 6.23. The molecule has 0 unspecified atom stereocenters. The molecule has 0 aliphatic rings. The number of aldehydes is 1. The van der Waals surface area contributed by atoms with Crippen LogP contribution in [-0.2, 0) is 19.4 Å². The van der Waals surface area contributed by atoms with Crippen LogP contribution in [0.1, 0.15) is 46.7 Å². The molecule has 0 atom stereocenters. The Bertz CT molecular complexity index is 632. The largest absolute Gasteiger partial charge is 0.298 e. The molecule has 0 N–H and O–H groups in total. The molecule has 2 rings (SSSR count). The molecule has 2 aromatic rings. The van der Waals surface area contributed by atoms with Gasteiger partial charge in [-0.2, -0.15) is 5.10 Å². The number of halogens is 1. The minimum atomic E-state index is 0.600. The summed E-state index contributed by atoms with van der Waals surface area (Å²) in [5.41, 5.74) is 4.74. The Balaban J connectivity index is 2.42. The molecule has 0 saturated carbocycles. The van der Waals surface area contributed by atoms with E-state index in [4.69, 9.17) is 11.6 Å². The van der Waals surface area contributed by atoms with Gasteiger partial charge in [0.1, 0.15) is 0 Å². The number of carbonyl (C=O) groups is 1. The average molecular weight is 291 g/mol. The highest BCUT2D eigenvalue weighted by molar-refractivity contribution is 6.31. The Kier molecular flexibility index (Phi) is 4.61. The van der Waals surface area contributed by atoms with Gasteiger partial charge in [-0.1, -0.05) is 37.6 Å². The van der Waals surface area contributed by atoms with Crippen molar-refractivity contribution in [3.8, 4) is 0 Å². The van der Waals surface area contributed by atoms with Crippen LogP contribution in [0.2, 0.25) is 5.02 Å². The van der Waals surface area contributed by atoms with E-state index in [9.17, 15) is 4.79 Å². The molecule has 1 heterocycles. The SMILES string of the molecule is CCc1nn(Cc2ccc(C)cc2Cl)c(CC)c1C=O. The topological polar surface area (TPSA) is 34.9 Å². The monoisotopic (exact) mass is 290 g/mol. The second-order valence-electron chi connectivity index (χ2n) is 4.88. The molecule has 0 aliphatic heterocycles. The van der Waals surface area contributed by atoms with E-state index in [-0.39, 0.29) is 0 Å². The molecule has 4 heteroatoms. The van der Waals surface area contributed by atoms with Crippen LogP contribution in [0.15, 0.2) is 18.2 Å². The molecule has 1 aromatic carbocycles. The van der Waals surface area contributed by atoms with Gasteiger partial charge in [-0.25, -0.2) is 0 Å². The summed E-state index contributed by atoms with van der Waals surface area (Å²) in [5, 5.41) is 5.30. The summed E-state index contributed by atoms with van der Waals surface area (Å²) in [6.45, 7) is 6.67. The van der Waals surface area contributed by atoms with Crippen molar-refractivity contribution in [3.63, 3.8) is 0 Å². The molecule has 106 valence electrons. The van der Waals surface area contributed by atoms with Gasteiger partial charge in [-0.05, 0) is 37.0 Å². The van der Waals surface area contributed by atoms with Crippen LogP contribution in [0.25, 0.3) is 0 Å². The molecular formula is C16H19ClN2O. The molecule has 0 radical (unpaired) electrons. The number of benzene rings is 1. The summed E-state index contributed by atoms with van der Waals surface area (Å²) in [6, 6.07) is 6.01. The molecule has 0 spiro atoms. The number of carbonyl (C=O) groups excluding carboxylic acids is 1. The highest BCUT2D eigenvalue weighted by Crippen LogP contribution is 2.21. The smallest absolute Gasteiger partial charge is 0.153 e. The van der Waals surface area contributed by atoms with Crippen LogP contribution in [-0.4, -0.2) is 16.1 Å². The number of rotatable bonds is 5. The van der Waals surface area contributed by atoms with E-state index in [0.29, 0.717) is 6.54 Å². The zero-order chi connectivity index (χ0) is 14.7. The van der Waals surface area contributed by atoms with Crippen LogP contribution in [0.4, 0.5) is 0 Å². The van der Waals surface area contributed by atoms with Crippen molar-refractivity contribution >= 4 is 17.9 Å². The fraction of sp³-hybridized carbons (Fsp3) is 0.375. The third kappa shape index (κ3) is 2.78. The van der Waals surface area contributed by atoms with Crippen molar-refractivity contribution < 1.29 is 4.79 Å². The molecule has 20 heavy (non-hydrogen) atoms. The number of aryl methyl sites for hydroxylation is 2. The normalized spacial score (nSPS) is 10.8. The van der Waals surface area contributed by atoms with Crippen molar-refractivity contribution in [2.75, 3.05) is 0 Å². The van der Waals surface area contributed by atoms with E-state index >= 15 is 0 Å². The van der Waals surface area contributed by atoms with Gasteiger partial charge < -0.3 is 0 Å². The number of nitrogens with zero attached hydrogens (tertiary/aromatic N) is 2. The zero-order valence-electron chi connectivity index (χ0n) is 12.1. The fourth-order valence-corrected chi connectivity index (χ4v) is 2.70. The lowest BCUT2D eigenvalue weighted by Gasteiger charge is -2.09. The van der Waals surface area contributed by atoms with Crippen LogP contribution in [0.5, 0.6) is 0 Å². The quantitative estimate of drug-likeness (QED) is 0.785. The van der Waals surface area contributed by atoms with Crippen LogP contribution < -0.4 is 0 Å². The number of aromatic nitrogens is 2. The van der Waals surface area contributed by atoms with Crippen molar-refractivity contribution in [2.24, 2.45) is 0 Å². The van der Waals surface area contributed by atoms with Gasteiger partial charge in [0.05, 0.1) is 17.8 Å². The lowest BCUT2D eigenvalue weighted by atomic mass is 10.1. The maximum Gasteiger partial charge on any atom is 0.153 e. The minimum absolute atomic E-state index is 0.600. The van der Waals surface area contributed by atoms with Crippen molar-refractivity contribution in [2.45, 2.75) is 40.2 Å². The summed E-state index contributed by atoms with van der Waals surface area (Å²) in [6.07, 6.45) is 2.46. The van der Waals surface area contributed by atoms with Crippen LogP contribution >= 0.6 is 11.6 Å². The van der Waals surface area contributed by atoms with E-state index in [1.165, 1.54) is 0 Å². The molecule has 3 nitrogen and oxygen atoms in total. The highest BCUT2D eigenvalue weighted by Gasteiger charge is 2.15. The predicted molar refractivity (Wildman–Crippen MR) is 81.7 cm³/mol. The van der Waals surface area contributed by atoms with Gasteiger partial charge >= 0.3 is 0 Å². The zero-order valence-corrected chi connectivity index (χ0v) is 12.9. The average Bonchev–Trinajstić information content (AvgIpc) is 2.78. The molecule has 0 bridgehead atoms. The molecule has 1 aromatic heterocycles. The second-order valence-corrected chi connectivity index (χ2v) is 5.29. The lowest BCUT2D eigenvalue weighted by molar-refractivity contribution is 0.112. The number of hydrogen-bond acceptors (Lipinski definition) is 2. The maximum atomic E-state index is 11.3. The standard InChI is InChI=1S/C16H19ClN2O/c1-4-15-13(10-20)16(5-2)19(18-15)9-12-7-6-11(3)8-14(12)17/h6-8,10H,4-5,9H2,1-3H3. The van der Waals surface area contributed by atoms with Gasteiger partial charge in [0.2, 0.25) is 0 Å². The highest BCUT2D eigenvalue weighted by atomic mass is 35.5. The first kappa shape index (κ1) is 14.8. The van der Waals surface area contributed by atoms with Gasteiger partial charge in [0.25, 0.3) is 0 Å². The Morgan fingerprint density at radius 2 is 2.05 bits per heavy atom. The molecule has 0 fully saturated rings. The van der Waals surface area contributed by atoms with Gasteiger partial charge in [-0.15, -0.1) is 0 Å². The minimum Gasteiger partial charge on any atom is -0.298 e. The summed E-state index contributed by atoms with van der Waals surface area (Å²) < 4.78 is 1.90. The maximum absolute atomic E-state index is 11.3. The first-order valence-corrected chi connectivity index (χ1v) is 7.27. The van der Waals surface area contributed by atoms with Crippen LogP contribution in [0, 0.1) is 6.92 Å². The van der Waals surface area contributed by atoms with Crippen LogP contribution in [0.3, 0.4) is 0 Å². The van der Waals surface area contributed by atoms with Crippen molar-refractivity contribution in [3.05, 3.63) is 51.3 Å². The molecule has 0 saturated heterocycles. The Labute approximate surface area is 124 Å². The van der Waals surface area contributed by atoms with E-state index < -0.39 is 0 Å². The van der Waals surface area contributed by atoms with E-state index in [1.807, 2.05) is 43.7 Å². The molecule has 0 aliphatic carbocycles. The third-order valence-electron chi connectivity index (χ3n) is 3.49. The van der Waals surface area contributed by atoms with Gasteiger partial charge in [0.15, 0.2) is 6.29 Å². The van der Waals surface area contributed by atoms with E-state index in [1.54, 1.807) is 0 Å². The molecular weight excluding hydrogens is 272 g/mol. The first-order valence-electron chi connectivity index (χ1n) is 6.89. The van der Waals surface area contributed by atoms with Crippen molar-refractivity contribution in [1.82, 2.24) is 9.78 Å². The Hall–Kier alpha value is -1.61. The first-order chi connectivity index (χ1) is 9.60. The van der Waals surface area contributed by atoms with E-state index in [0.717, 1.165) is 52.2 Å². The van der Waals surface area contributed by atoms with Crippen molar-refractivity contribution in [1.29, 1.82) is 0 Å². The summed E-state index contributed by atoms with van der Waals surface area (Å²) in [4.78, 5) is 11.3. The predicted octanol–water partition coefficient (Wildman–Crippen LogP) is 3.83. The number of hydrogen-bond donors (Lipinski definition) is 0. The third-order valence-corrected chi connectivity index (χ3v) is 3.84. The summed E-state index contributed by atoms with van der Waals surface area (Å²) in [5.74, 6) is 0. The fourth-order valence-electron chi connectivity index (χ4n) is 2.41. The Morgan fingerprint density at radius 3 is 2.60 bits per heavy atom. The Morgan fingerprint density at radius 1 is 1.30 bits per heavy atom. The van der Waals surface area contributed by atoms with Gasteiger partial charge in [-0.3, -0.25) is 9.48 Å². The summed E-state index contributed by atoms with van der Waals surface area (Å²) >= 11 is 6.28. The summed E-state index contributed by atoms with van der Waals surface area (Å²) in [7, 11) is 0. The molecule has 0 amide bonds. The van der Waals surface area contributed by atoms with Gasteiger partial charge in [0, 0.05) is 10.7 Å².